The van der Waals surface area contributed by atoms with Gasteiger partial charge in [0.25, 0.3) is 5.91 Å². The zero-order valence-corrected chi connectivity index (χ0v) is 11.5. The Hall–Kier alpha value is -2.31. The first-order valence-corrected chi connectivity index (χ1v) is 6.16. The van der Waals surface area contributed by atoms with Crippen LogP contribution < -0.4 is 5.32 Å². The zero-order chi connectivity index (χ0) is 16.0. The van der Waals surface area contributed by atoms with Gasteiger partial charge < -0.3 is 10.2 Å². The fourth-order valence-electron chi connectivity index (χ4n) is 1.63. The second-order valence-electron chi connectivity index (χ2n) is 4.23. The van der Waals surface area contributed by atoms with E-state index in [0.29, 0.717) is 12.6 Å². The van der Waals surface area contributed by atoms with E-state index < -0.39 is 28.9 Å². The molecule has 1 aromatic rings. The third-order valence-electron chi connectivity index (χ3n) is 2.74. The summed E-state index contributed by atoms with van der Waals surface area (Å²) in [6.45, 7) is 5.41. The normalized spacial score (nSPS) is 10.1. The van der Waals surface area contributed by atoms with Crippen LogP contribution in [0.2, 0.25) is 0 Å². The van der Waals surface area contributed by atoms with Crippen molar-refractivity contribution in [3.05, 3.63) is 47.8 Å². The monoisotopic (exact) mass is 300 g/mol. The van der Waals surface area contributed by atoms with Crippen molar-refractivity contribution in [2.24, 2.45) is 0 Å². The number of nitrogens with one attached hydrogen (secondary N) is 1. The first-order valence-electron chi connectivity index (χ1n) is 6.16. The second kappa shape index (κ2) is 7.47. The average Bonchev–Trinajstić information content (AvgIpc) is 2.43. The van der Waals surface area contributed by atoms with Crippen LogP contribution in [0.4, 0.5) is 13.2 Å². The van der Waals surface area contributed by atoms with Crippen LogP contribution >= 0.6 is 0 Å². The van der Waals surface area contributed by atoms with Crippen LogP contribution in [-0.4, -0.2) is 36.3 Å². The van der Waals surface area contributed by atoms with Crippen LogP contribution in [0, 0.1) is 17.5 Å². The van der Waals surface area contributed by atoms with E-state index in [1.165, 1.54) is 17.9 Å². The maximum Gasteiger partial charge on any atom is 0.254 e. The van der Waals surface area contributed by atoms with Gasteiger partial charge in [-0.15, -0.1) is 6.58 Å². The molecular weight excluding hydrogens is 285 g/mol. The van der Waals surface area contributed by atoms with Crippen LogP contribution in [0.1, 0.15) is 17.3 Å². The molecule has 1 rings (SSSR count). The summed E-state index contributed by atoms with van der Waals surface area (Å²) in [5, 5.41) is 2.33. The first-order chi connectivity index (χ1) is 9.88. The molecule has 2 amide bonds. The van der Waals surface area contributed by atoms with E-state index in [9.17, 15) is 22.8 Å². The van der Waals surface area contributed by atoms with Gasteiger partial charge in [0.15, 0.2) is 17.5 Å². The number of carbonyl (C=O) groups is 2. The van der Waals surface area contributed by atoms with Gasteiger partial charge in [-0.05, 0) is 12.1 Å². The molecule has 0 aliphatic heterocycles. The molecule has 0 fully saturated rings. The van der Waals surface area contributed by atoms with Gasteiger partial charge in [-0.1, -0.05) is 6.08 Å². The minimum absolute atomic E-state index is 0.0463. The highest BCUT2D eigenvalue weighted by Gasteiger charge is 2.18. The number of halogens is 3. The van der Waals surface area contributed by atoms with Crippen LogP contribution in [0.15, 0.2) is 24.8 Å². The molecule has 1 N–H and O–H groups in total. The standard InChI is InChI=1S/C14H15F3N2O2/c1-3-7-19(9(2)20)8-6-18-14(21)10-4-5-11(15)13(17)12(10)16/h3-5H,1,6-8H2,2H3,(H,18,21). The number of amides is 2. The van der Waals surface area contributed by atoms with Gasteiger partial charge in [0, 0.05) is 26.6 Å². The lowest BCUT2D eigenvalue weighted by atomic mass is 10.2. The summed E-state index contributed by atoms with van der Waals surface area (Å²) >= 11 is 0. The molecular formula is C14H15F3N2O2. The highest BCUT2D eigenvalue weighted by molar-refractivity contribution is 5.94. The van der Waals surface area contributed by atoms with E-state index in [1.807, 2.05) is 0 Å². The van der Waals surface area contributed by atoms with Gasteiger partial charge in [-0.3, -0.25) is 9.59 Å². The number of rotatable bonds is 6. The van der Waals surface area contributed by atoms with E-state index in [1.54, 1.807) is 0 Å². The van der Waals surface area contributed by atoms with Crippen molar-refractivity contribution >= 4 is 11.8 Å². The second-order valence-corrected chi connectivity index (χ2v) is 4.23. The SMILES string of the molecule is C=CCN(CCNC(=O)c1ccc(F)c(F)c1F)C(C)=O. The molecule has 0 unspecified atom stereocenters. The van der Waals surface area contributed by atoms with Crippen molar-refractivity contribution in [3.8, 4) is 0 Å². The van der Waals surface area contributed by atoms with E-state index >= 15 is 0 Å². The molecule has 7 heteroatoms. The van der Waals surface area contributed by atoms with E-state index in [0.717, 1.165) is 6.07 Å². The van der Waals surface area contributed by atoms with Gasteiger partial charge in [-0.25, -0.2) is 13.2 Å². The third kappa shape index (κ3) is 4.34. The molecule has 0 saturated carbocycles. The topological polar surface area (TPSA) is 49.4 Å². The van der Waals surface area contributed by atoms with Crippen LogP contribution in [-0.2, 0) is 4.79 Å². The summed E-state index contributed by atoms with van der Waals surface area (Å²) in [6.07, 6.45) is 1.53. The minimum atomic E-state index is -1.69. The van der Waals surface area contributed by atoms with Crippen LogP contribution in [0.5, 0.6) is 0 Å². The number of carbonyl (C=O) groups excluding carboxylic acids is 2. The minimum Gasteiger partial charge on any atom is -0.350 e. The molecule has 0 atom stereocenters. The van der Waals surface area contributed by atoms with Crippen molar-refractivity contribution in [1.82, 2.24) is 10.2 Å². The predicted molar refractivity (Wildman–Crippen MR) is 71.1 cm³/mol. The maximum absolute atomic E-state index is 13.4. The van der Waals surface area contributed by atoms with Gasteiger partial charge in [0.2, 0.25) is 5.91 Å². The molecule has 21 heavy (non-hydrogen) atoms. The Bertz CT molecular complexity index is 561. The summed E-state index contributed by atoms with van der Waals surface area (Å²) in [5.41, 5.74) is -0.591. The van der Waals surface area contributed by atoms with E-state index in [4.69, 9.17) is 0 Å². The molecule has 114 valence electrons. The molecule has 0 aliphatic rings. The Balaban J connectivity index is 2.64. The molecule has 0 heterocycles. The van der Waals surface area contributed by atoms with E-state index in [-0.39, 0.29) is 19.0 Å². The first kappa shape index (κ1) is 16.7. The lowest BCUT2D eigenvalue weighted by molar-refractivity contribution is -0.128. The fourth-order valence-corrected chi connectivity index (χ4v) is 1.63. The number of benzene rings is 1. The fraction of sp³-hybridized carbons (Fsp3) is 0.286. The Kier molecular flexibility index (Phi) is 5.95. The van der Waals surface area contributed by atoms with Crippen molar-refractivity contribution in [2.75, 3.05) is 19.6 Å². The Morgan fingerprint density at radius 2 is 1.95 bits per heavy atom. The van der Waals surface area contributed by atoms with Crippen molar-refractivity contribution in [1.29, 1.82) is 0 Å². The molecule has 0 radical (unpaired) electrons. The van der Waals surface area contributed by atoms with Gasteiger partial charge in [-0.2, -0.15) is 0 Å². The summed E-state index contributed by atoms with van der Waals surface area (Å²) in [5.74, 6) is -5.68. The van der Waals surface area contributed by atoms with Crippen molar-refractivity contribution < 1.29 is 22.8 Å². The summed E-state index contributed by atoms with van der Waals surface area (Å²) in [7, 11) is 0. The van der Waals surface area contributed by atoms with Gasteiger partial charge in [0.05, 0.1) is 5.56 Å². The third-order valence-corrected chi connectivity index (χ3v) is 2.74. The predicted octanol–water partition coefficient (Wildman–Crippen LogP) is 1.87. The lowest BCUT2D eigenvalue weighted by Gasteiger charge is -2.19. The summed E-state index contributed by atoms with van der Waals surface area (Å²) in [4.78, 5) is 24.3. The largest absolute Gasteiger partial charge is 0.350 e. The Labute approximate surface area is 120 Å². The zero-order valence-electron chi connectivity index (χ0n) is 11.5. The molecule has 0 saturated heterocycles. The van der Waals surface area contributed by atoms with Crippen LogP contribution in [0.3, 0.4) is 0 Å². The highest BCUT2D eigenvalue weighted by atomic mass is 19.2. The molecule has 0 spiro atoms. The highest BCUT2D eigenvalue weighted by Crippen LogP contribution is 2.14. The average molecular weight is 300 g/mol. The maximum atomic E-state index is 13.4. The molecule has 0 aliphatic carbocycles. The quantitative estimate of drug-likeness (QED) is 0.644. The molecule has 0 aromatic heterocycles. The lowest BCUT2D eigenvalue weighted by Crippen LogP contribution is -2.37. The van der Waals surface area contributed by atoms with E-state index in [2.05, 4.69) is 11.9 Å². The Morgan fingerprint density at radius 3 is 2.52 bits per heavy atom. The van der Waals surface area contributed by atoms with Crippen molar-refractivity contribution in [3.63, 3.8) is 0 Å². The van der Waals surface area contributed by atoms with Crippen LogP contribution in [0.25, 0.3) is 0 Å². The van der Waals surface area contributed by atoms with Gasteiger partial charge in [0.1, 0.15) is 0 Å². The number of hydrogen-bond acceptors (Lipinski definition) is 2. The molecule has 4 nitrogen and oxygen atoms in total. The summed E-state index contributed by atoms with van der Waals surface area (Å²) < 4.78 is 39.2. The number of hydrogen-bond donors (Lipinski definition) is 1. The number of nitrogens with zero attached hydrogens (tertiary/aromatic N) is 1. The van der Waals surface area contributed by atoms with Gasteiger partial charge >= 0.3 is 0 Å². The molecule has 0 bridgehead atoms. The Morgan fingerprint density at radius 1 is 1.29 bits per heavy atom. The molecule has 1 aromatic carbocycles. The smallest absolute Gasteiger partial charge is 0.254 e. The van der Waals surface area contributed by atoms with Crippen molar-refractivity contribution in [2.45, 2.75) is 6.92 Å². The summed E-state index contributed by atoms with van der Waals surface area (Å²) in [6, 6.07) is 1.53.